The summed E-state index contributed by atoms with van der Waals surface area (Å²) in [6.07, 6.45) is 10.4. The number of aliphatic hydroxyl groups is 1. The molecule has 0 aliphatic rings. The quantitative estimate of drug-likeness (QED) is 0.378. The van der Waals surface area contributed by atoms with Crippen LogP contribution in [0.2, 0.25) is 13.3 Å². The van der Waals surface area contributed by atoms with Gasteiger partial charge in [0, 0.05) is 0 Å². The molecular weight excluding hydrogens is 351 g/mol. The predicted octanol–water partition coefficient (Wildman–Crippen LogP) is 6.09. The van der Waals surface area contributed by atoms with Crippen molar-refractivity contribution in [2.75, 3.05) is 6.61 Å². The van der Waals surface area contributed by atoms with Gasteiger partial charge in [0.2, 0.25) is 0 Å². The molecule has 0 heterocycles. The van der Waals surface area contributed by atoms with Crippen LogP contribution in [0.15, 0.2) is 9.67 Å². The van der Waals surface area contributed by atoms with Crippen molar-refractivity contribution < 1.29 is 5.11 Å². The molecule has 0 rings (SSSR count). The number of aliphatic hydroxyl groups excluding tert-OH is 1. The molecule has 120 valence electrons. The minimum atomic E-state index is -2.06. The third-order valence-corrected chi connectivity index (χ3v) is 19.1. The summed E-state index contributed by atoms with van der Waals surface area (Å²) in [5, 5.41) is 9.03. The van der Waals surface area contributed by atoms with Gasteiger partial charge < -0.3 is 0 Å². The predicted molar refractivity (Wildman–Crippen MR) is 95.0 cm³/mol. The molecular formula is C18H38OSn. The van der Waals surface area contributed by atoms with Crippen molar-refractivity contribution in [3.05, 3.63) is 9.67 Å². The molecule has 0 radical (unpaired) electrons. The van der Waals surface area contributed by atoms with Crippen LogP contribution in [0.25, 0.3) is 0 Å². The number of unbranched alkanes of at least 4 members (excludes halogenated alkanes) is 3. The summed E-state index contributed by atoms with van der Waals surface area (Å²) in [6.45, 7) is 9.65. The molecule has 1 nitrogen and oxygen atoms in total. The summed E-state index contributed by atoms with van der Waals surface area (Å²) in [6, 6.07) is 0. The third-order valence-electron chi connectivity index (χ3n) is 4.37. The first-order valence-corrected chi connectivity index (χ1v) is 16.6. The average molecular weight is 389 g/mol. The Morgan fingerprint density at radius 3 is 1.65 bits per heavy atom. The van der Waals surface area contributed by atoms with Crippen molar-refractivity contribution in [2.45, 2.75) is 92.4 Å². The van der Waals surface area contributed by atoms with Crippen molar-refractivity contribution >= 4 is 18.4 Å². The molecule has 0 fully saturated rings. The van der Waals surface area contributed by atoms with Gasteiger partial charge in [0.05, 0.1) is 0 Å². The van der Waals surface area contributed by atoms with Gasteiger partial charge in [0.25, 0.3) is 0 Å². The average Bonchev–Trinajstić information content (AvgIpc) is 2.46. The van der Waals surface area contributed by atoms with Crippen molar-refractivity contribution in [1.82, 2.24) is 0 Å². The summed E-state index contributed by atoms with van der Waals surface area (Å²) in [4.78, 5) is 0. The molecule has 0 aromatic carbocycles. The number of hydrogen-bond acceptors (Lipinski definition) is 1. The monoisotopic (exact) mass is 390 g/mol. The summed E-state index contributed by atoms with van der Waals surface area (Å²) >= 11 is -2.06. The second-order valence-electron chi connectivity index (χ2n) is 6.49. The van der Waals surface area contributed by atoms with Gasteiger partial charge in [0.15, 0.2) is 0 Å². The Labute approximate surface area is 132 Å². The molecule has 0 spiro atoms. The first-order valence-electron chi connectivity index (χ1n) is 8.93. The van der Waals surface area contributed by atoms with E-state index in [1.807, 2.05) is 0 Å². The van der Waals surface area contributed by atoms with Crippen LogP contribution in [0.5, 0.6) is 0 Å². The number of rotatable bonds is 13. The topological polar surface area (TPSA) is 20.2 Å². The van der Waals surface area contributed by atoms with E-state index >= 15 is 0 Å². The number of hydrogen-bond donors (Lipinski definition) is 1. The fraction of sp³-hybridized carbons (Fsp3) is 0.889. The minimum absolute atomic E-state index is 0.340. The maximum atomic E-state index is 9.03. The van der Waals surface area contributed by atoms with Crippen molar-refractivity contribution in [3.8, 4) is 0 Å². The molecule has 0 saturated heterocycles. The first kappa shape index (κ1) is 20.5. The Morgan fingerprint density at radius 1 is 0.850 bits per heavy atom. The molecule has 0 amide bonds. The van der Waals surface area contributed by atoms with Crippen LogP contribution in [0.3, 0.4) is 0 Å². The van der Waals surface area contributed by atoms with Crippen LogP contribution in [-0.4, -0.2) is 30.1 Å². The van der Waals surface area contributed by atoms with Crippen LogP contribution in [0.1, 0.15) is 79.1 Å². The summed E-state index contributed by atoms with van der Waals surface area (Å²) in [5.74, 6) is 0. The van der Waals surface area contributed by atoms with E-state index in [1.54, 1.807) is 18.9 Å². The van der Waals surface area contributed by atoms with Crippen LogP contribution >= 0.6 is 0 Å². The van der Waals surface area contributed by atoms with Crippen molar-refractivity contribution in [1.29, 1.82) is 0 Å². The standard InChI is InChI=1S/C6H11O.3C4H9.Sn/c1-6(2)4-3-5-7;3*1-3-4-2;/h1,7H,3-5H2,2H3;3*1,3-4H2,2H3;. The van der Waals surface area contributed by atoms with Gasteiger partial charge in [-0.05, 0) is 0 Å². The van der Waals surface area contributed by atoms with Gasteiger partial charge >= 0.3 is 132 Å². The van der Waals surface area contributed by atoms with Crippen LogP contribution in [0, 0.1) is 0 Å². The van der Waals surface area contributed by atoms with E-state index in [0.29, 0.717) is 6.61 Å². The molecule has 2 heteroatoms. The van der Waals surface area contributed by atoms with Gasteiger partial charge in [0.1, 0.15) is 0 Å². The zero-order valence-corrected chi connectivity index (χ0v) is 17.4. The SMILES string of the molecule is CCC[CH2][Sn](/[CH]=C(\C)CCCO)([CH2]CCC)[CH2]CCC. The molecule has 0 aliphatic heterocycles. The second-order valence-corrected chi connectivity index (χ2v) is 19.4. The Bertz CT molecular complexity index is 226. The van der Waals surface area contributed by atoms with E-state index in [1.165, 1.54) is 38.5 Å². The number of allylic oxidation sites excluding steroid dienone is 1. The summed E-state index contributed by atoms with van der Waals surface area (Å²) in [7, 11) is 0. The zero-order valence-electron chi connectivity index (χ0n) is 14.5. The zero-order chi connectivity index (χ0) is 15.3. The second kappa shape index (κ2) is 13.2. The van der Waals surface area contributed by atoms with Gasteiger partial charge in [-0.25, -0.2) is 0 Å². The Balaban J connectivity index is 4.90. The van der Waals surface area contributed by atoms with E-state index in [4.69, 9.17) is 5.11 Å². The molecule has 0 aromatic heterocycles. The molecule has 1 N–H and O–H groups in total. The summed E-state index contributed by atoms with van der Waals surface area (Å²) in [5.41, 5.74) is 1.58. The van der Waals surface area contributed by atoms with E-state index in [0.717, 1.165) is 12.8 Å². The third kappa shape index (κ3) is 9.44. The molecule has 0 bridgehead atoms. The van der Waals surface area contributed by atoms with Gasteiger partial charge in [-0.15, -0.1) is 0 Å². The molecule has 0 unspecified atom stereocenters. The van der Waals surface area contributed by atoms with Crippen molar-refractivity contribution in [3.63, 3.8) is 0 Å². The summed E-state index contributed by atoms with van der Waals surface area (Å²) < 4.78 is 7.47. The molecule has 0 aliphatic carbocycles. The first-order chi connectivity index (χ1) is 9.64. The van der Waals surface area contributed by atoms with Gasteiger partial charge in [-0.2, -0.15) is 0 Å². The molecule has 20 heavy (non-hydrogen) atoms. The van der Waals surface area contributed by atoms with Crippen molar-refractivity contribution in [2.24, 2.45) is 0 Å². The van der Waals surface area contributed by atoms with Crippen LogP contribution < -0.4 is 0 Å². The van der Waals surface area contributed by atoms with E-state index in [-0.39, 0.29) is 0 Å². The normalized spacial score (nSPS) is 12.9. The molecule has 0 atom stereocenters. The fourth-order valence-electron chi connectivity index (χ4n) is 3.13. The van der Waals surface area contributed by atoms with Gasteiger partial charge in [-0.1, -0.05) is 0 Å². The maximum absolute atomic E-state index is 9.03. The van der Waals surface area contributed by atoms with E-state index in [9.17, 15) is 0 Å². The Kier molecular flexibility index (Phi) is 13.5. The van der Waals surface area contributed by atoms with Crippen LogP contribution in [-0.2, 0) is 0 Å². The van der Waals surface area contributed by atoms with Gasteiger partial charge in [-0.3, -0.25) is 0 Å². The van der Waals surface area contributed by atoms with E-state index in [2.05, 4.69) is 31.8 Å². The Hall–Kier alpha value is 0.499. The van der Waals surface area contributed by atoms with E-state index < -0.39 is 18.4 Å². The fourth-order valence-corrected chi connectivity index (χ4v) is 19.0. The Morgan fingerprint density at radius 2 is 1.30 bits per heavy atom. The molecule has 0 saturated carbocycles. The van der Waals surface area contributed by atoms with Crippen LogP contribution in [0.4, 0.5) is 0 Å². The molecule has 0 aromatic rings.